The minimum atomic E-state index is -5.03. The van der Waals surface area contributed by atoms with Crippen molar-refractivity contribution in [2.75, 3.05) is 14.1 Å². The molecular weight excluding hydrogens is 478 g/mol. The van der Waals surface area contributed by atoms with E-state index in [-0.39, 0.29) is 6.42 Å². The van der Waals surface area contributed by atoms with E-state index in [1.54, 1.807) is 0 Å². The molecular formula is C17H26ClNO14. The molecule has 1 saturated carbocycles. The minimum Gasteiger partial charge on any atom is -0.504 e. The number of likely N-dealkylation sites (N-methyl/N-ethyl adjacent to an activating group) is 1. The quantitative estimate of drug-likeness (QED) is 0.0947. The van der Waals surface area contributed by atoms with Gasteiger partial charge >= 0.3 is 11.9 Å². The Morgan fingerprint density at radius 2 is 1.06 bits per heavy atom. The van der Waals surface area contributed by atoms with Crippen molar-refractivity contribution in [1.82, 2.24) is 4.90 Å². The molecule has 0 aliphatic heterocycles. The van der Waals surface area contributed by atoms with Crippen LogP contribution in [0.4, 0.5) is 0 Å². The summed E-state index contributed by atoms with van der Waals surface area (Å²) in [6, 6.07) is 0. The Morgan fingerprint density at radius 3 is 1.30 bits per heavy atom. The van der Waals surface area contributed by atoms with E-state index in [9.17, 15) is 71.5 Å². The molecule has 2 rings (SSSR count). The van der Waals surface area contributed by atoms with E-state index in [1.807, 2.05) is 0 Å². The molecule has 15 nitrogen and oxygen atoms in total. The van der Waals surface area contributed by atoms with Gasteiger partial charge in [-0.05, 0) is 26.9 Å². The highest BCUT2D eigenvalue weighted by molar-refractivity contribution is 6.34. The van der Waals surface area contributed by atoms with Gasteiger partial charge in [0.25, 0.3) is 11.4 Å². The van der Waals surface area contributed by atoms with Crippen molar-refractivity contribution < 1.29 is 71.5 Å². The number of nitrogens with zero attached hydrogens (tertiary/aromatic N) is 1. The van der Waals surface area contributed by atoms with Gasteiger partial charge < -0.3 is 71.5 Å². The molecule has 1 unspecified atom stereocenters. The molecule has 1 atom stereocenters. The smallest absolute Gasteiger partial charge is 0.320 e. The first-order valence-electron chi connectivity index (χ1n) is 9.14. The average Bonchev–Trinajstić information content (AvgIpc) is 2.63. The molecule has 16 heteroatoms. The third-order valence-electron chi connectivity index (χ3n) is 6.30. The number of rotatable bonds is 7. The predicted molar refractivity (Wildman–Crippen MR) is 103 cm³/mol. The zero-order valence-electron chi connectivity index (χ0n) is 17.2. The van der Waals surface area contributed by atoms with Gasteiger partial charge in [0, 0.05) is 0 Å². The molecule has 0 heterocycles. The van der Waals surface area contributed by atoms with Crippen molar-refractivity contribution in [2.24, 2.45) is 0 Å². The van der Waals surface area contributed by atoms with E-state index in [0.29, 0.717) is 4.90 Å². The molecule has 14 N–H and O–H groups in total. The Kier molecular flexibility index (Phi) is 6.37. The van der Waals surface area contributed by atoms with Crippen molar-refractivity contribution in [1.29, 1.82) is 0 Å². The Labute approximate surface area is 190 Å². The van der Waals surface area contributed by atoms with Crippen LogP contribution < -0.4 is 0 Å². The molecule has 1 fully saturated rings. The summed E-state index contributed by atoms with van der Waals surface area (Å²) in [6.45, 7) is 0. The standard InChI is InChI=1S/C17H26ClNO14/c1-19(2)14(25,15(26,27)13(24,16(28,29)30)17(31,32)33)12(4-3-5-12)6-8(20)10(22)7(18)11(23)9(6)21/h20-33H,3-5H2,1-2H3. The highest BCUT2D eigenvalue weighted by Crippen LogP contribution is 2.65. The van der Waals surface area contributed by atoms with Gasteiger partial charge in [-0.3, -0.25) is 4.90 Å². The van der Waals surface area contributed by atoms with Crippen LogP contribution in [-0.2, 0) is 5.41 Å². The highest BCUT2D eigenvalue weighted by atomic mass is 35.5. The molecule has 0 bridgehead atoms. The van der Waals surface area contributed by atoms with Crippen molar-refractivity contribution >= 4 is 11.6 Å². The van der Waals surface area contributed by atoms with E-state index in [1.165, 1.54) is 0 Å². The van der Waals surface area contributed by atoms with Gasteiger partial charge in [-0.2, -0.15) is 0 Å². The Hall–Kier alpha value is -1.73. The minimum absolute atomic E-state index is 0.0682. The van der Waals surface area contributed by atoms with Gasteiger partial charge in [0.2, 0.25) is 0 Å². The summed E-state index contributed by atoms with van der Waals surface area (Å²) >= 11 is 5.60. The lowest BCUT2D eigenvalue weighted by molar-refractivity contribution is -0.565. The highest BCUT2D eigenvalue weighted by Gasteiger charge is 2.83. The molecule has 1 aromatic carbocycles. The molecule has 1 aromatic rings. The molecule has 33 heavy (non-hydrogen) atoms. The second-order valence-corrected chi connectivity index (χ2v) is 8.62. The number of phenols is 4. The van der Waals surface area contributed by atoms with Gasteiger partial charge in [-0.1, -0.05) is 18.0 Å². The Morgan fingerprint density at radius 1 is 0.697 bits per heavy atom. The van der Waals surface area contributed by atoms with E-state index in [4.69, 9.17) is 11.6 Å². The topological polar surface area (TPSA) is 286 Å². The maximum absolute atomic E-state index is 11.6. The van der Waals surface area contributed by atoms with E-state index >= 15 is 0 Å². The lowest BCUT2D eigenvalue weighted by Crippen LogP contribution is -2.89. The summed E-state index contributed by atoms with van der Waals surface area (Å²) < 4.78 is 0. The first-order valence-corrected chi connectivity index (χ1v) is 9.52. The van der Waals surface area contributed by atoms with Gasteiger partial charge in [0.1, 0.15) is 5.02 Å². The third-order valence-corrected chi connectivity index (χ3v) is 6.66. The molecule has 1 aliphatic carbocycles. The van der Waals surface area contributed by atoms with Crippen molar-refractivity contribution in [3.8, 4) is 23.0 Å². The zero-order valence-corrected chi connectivity index (χ0v) is 18.0. The van der Waals surface area contributed by atoms with Crippen molar-refractivity contribution in [2.45, 2.75) is 53.7 Å². The van der Waals surface area contributed by atoms with Crippen LogP contribution in [0.1, 0.15) is 24.8 Å². The summed E-state index contributed by atoms with van der Waals surface area (Å²) in [5.41, 5.74) is -12.2. The Bertz CT molecular complexity index is 890. The molecule has 0 amide bonds. The fraction of sp³-hybridized carbons (Fsp3) is 0.647. The van der Waals surface area contributed by atoms with Crippen LogP contribution in [0.15, 0.2) is 0 Å². The molecule has 1 aliphatic rings. The van der Waals surface area contributed by atoms with Crippen LogP contribution in [-0.4, -0.2) is 120 Å². The van der Waals surface area contributed by atoms with Gasteiger partial charge in [0.15, 0.2) is 28.7 Å². The maximum atomic E-state index is 11.6. The molecule has 0 spiro atoms. The maximum Gasteiger partial charge on any atom is 0.320 e. The first-order chi connectivity index (χ1) is 14.6. The summed E-state index contributed by atoms with van der Waals surface area (Å²) in [5.74, 6) is -19.7. The first kappa shape index (κ1) is 27.5. The Balaban J connectivity index is 3.05. The number of hydrogen-bond acceptors (Lipinski definition) is 15. The van der Waals surface area contributed by atoms with Gasteiger partial charge in [0.05, 0.1) is 11.0 Å². The predicted octanol–water partition coefficient (Wildman–Crippen LogP) is -4.49. The molecule has 0 aromatic heterocycles. The van der Waals surface area contributed by atoms with E-state index in [0.717, 1.165) is 14.1 Å². The van der Waals surface area contributed by atoms with Crippen LogP contribution >= 0.6 is 11.6 Å². The number of halogens is 1. The third kappa shape index (κ3) is 3.18. The summed E-state index contributed by atoms with van der Waals surface area (Å²) in [4.78, 5) is 0.427. The van der Waals surface area contributed by atoms with Crippen LogP contribution in [0.25, 0.3) is 0 Å². The summed E-state index contributed by atoms with van der Waals surface area (Å²) in [6.07, 6.45) is -0.890. The SMILES string of the molecule is CN(C)C(O)(C1(c2c(O)c(O)c(Cl)c(O)c2O)CCC1)C(O)(O)C(O)(C(O)(O)O)C(O)(O)O. The second-order valence-electron chi connectivity index (χ2n) is 8.24. The van der Waals surface area contributed by atoms with E-state index in [2.05, 4.69) is 0 Å². The van der Waals surface area contributed by atoms with Crippen molar-refractivity contribution in [3.63, 3.8) is 0 Å². The number of phenolic OH excluding ortho intramolecular Hbond substituents is 4. The zero-order chi connectivity index (χ0) is 26.2. The average molecular weight is 504 g/mol. The number of aliphatic hydroxyl groups is 10. The van der Waals surface area contributed by atoms with E-state index < -0.39 is 80.9 Å². The summed E-state index contributed by atoms with van der Waals surface area (Å²) in [7, 11) is 1.74. The molecule has 0 radical (unpaired) electrons. The molecule has 190 valence electrons. The fourth-order valence-corrected chi connectivity index (χ4v) is 4.62. The van der Waals surface area contributed by atoms with Crippen molar-refractivity contribution in [3.05, 3.63) is 10.6 Å². The number of aromatic hydroxyl groups is 4. The molecule has 0 saturated heterocycles. The van der Waals surface area contributed by atoms with Gasteiger partial charge in [-0.15, -0.1) is 0 Å². The van der Waals surface area contributed by atoms with Gasteiger partial charge in [-0.25, -0.2) is 0 Å². The largest absolute Gasteiger partial charge is 0.504 e. The lowest BCUT2D eigenvalue weighted by atomic mass is 9.53. The number of benzene rings is 1. The normalized spacial score (nSPS) is 19.3. The van der Waals surface area contributed by atoms with Crippen LogP contribution in [0, 0.1) is 0 Å². The van der Waals surface area contributed by atoms with Crippen LogP contribution in [0.2, 0.25) is 5.02 Å². The monoisotopic (exact) mass is 503 g/mol. The number of hydrogen-bond donors (Lipinski definition) is 14. The summed E-state index contributed by atoms with van der Waals surface area (Å²) in [5, 5.41) is 141. The lowest BCUT2D eigenvalue weighted by Gasteiger charge is -2.63. The fourth-order valence-electron chi connectivity index (χ4n) is 4.44. The second kappa shape index (κ2) is 7.64. The van der Waals surface area contributed by atoms with Crippen LogP contribution in [0.3, 0.4) is 0 Å². The van der Waals surface area contributed by atoms with Crippen LogP contribution in [0.5, 0.6) is 23.0 Å².